The minimum Gasteiger partial charge on any atom is -0.355 e. The van der Waals surface area contributed by atoms with Crippen molar-refractivity contribution < 1.29 is 13.7 Å². The first-order valence-corrected chi connectivity index (χ1v) is 6.71. The number of benzene rings is 2. The van der Waals surface area contributed by atoms with Gasteiger partial charge in [0.1, 0.15) is 5.82 Å². The molecule has 0 aliphatic rings. The van der Waals surface area contributed by atoms with E-state index < -0.39 is 0 Å². The highest BCUT2D eigenvalue weighted by Gasteiger charge is 2.18. The number of anilines is 1. The quantitative estimate of drug-likeness (QED) is 0.739. The summed E-state index contributed by atoms with van der Waals surface area (Å²) in [7, 11) is 1.60. The topological polar surface area (TPSA) is 46.3 Å². The molecule has 0 N–H and O–H groups in total. The zero-order chi connectivity index (χ0) is 15.5. The van der Waals surface area contributed by atoms with Gasteiger partial charge in [-0.3, -0.25) is 4.79 Å². The third kappa shape index (κ3) is 2.74. The van der Waals surface area contributed by atoms with Crippen LogP contribution in [-0.2, 0) is 0 Å². The summed E-state index contributed by atoms with van der Waals surface area (Å²) < 4.78 is 18.2. The molecule has 1 amide bonds. The number of rotatable bonds is 3. The number of carbonyl (C=O) groups excluding carboxylic acids is 1. The Bertz CT molecular complexity index is 782. The average molecular weight is 296 g/mol. The summed E-state index contributed by atoms with van der Waals surface area (Å²) in [5.41, 5.74) is 1.62. The molecule has 0 atom stereocenters. The van der Waals surface area contributed by atoms with Crippen molar-refractivity contribution in [1.82, 2.24) is 5.16 Å². The number of amides is 1. The summed E-state index contributed by atoms with van der Waals surface area (Å²) in [5.74, 6) is -0.147. The molecule has 0 radical (unpaired) electrons. The maximum absolute atomic E-state index is 12.9. The second kappa shape index (κ2) is 5.81. The smallest absolute Gasteiger partial charge is 0.280 e. The molecular weight excluding hydrogens is 283 g/mol. The summed E-state index contributed by atoms with van der Waals surface area (Å²) in [6.07, 6.45) is 0. The van der Waals surface area contributed by atoms with Gasteiger partial charge in [-0.15, -0.1) is 0 Å². The van der Waals surface area contributed by atoms with Crippen LogP contribution in [0.2, 0.25) is 0 Å². The van der Waals surface area contributed by atoms with E-state index in [1.165, 1.54) is 29.2 Å². The molecule has 5 heteroatoms. The molecule has 0 spiro atoms. The Labute approximate surface area is 126 Å². The Morgan fingerprint density at radius 1 is 1.09 bits per heavy atom. The van der Waals surface area contributed by atoms with E-state index in [1.54, 1.807) is 13.1 Å². The highest BCUT2D eigenvalue weighted by atomic mass is 19.1. The van der Waals surface area contributed by atoms with Crippen molar-refractivity contribution in [2.24, 2.45) is 0 Å². The third-order valence-electron chi connectivity index (χ3n) is 3.31. The van der Waals surface area contributed by atoms with Gasteiger partial charge in [0.05, 0.1) is 0 Å². The summed E-state index contributed by atoms with van der Waals surface area (Å²) >= 11 is 0. The van der Waals surface area contributed by atoms with Crippen LogP contribution in [0.1, 0.15) is 10.5 Å². The van der Waals surface area contributed by atoms with E-state index in [4.69, 9.17) is 4.52 Å². The van der Waals surface area contributed by atoms with Crippen LogP contribution in [0.5, 0.6) is 0 Å². The number of nitrogens with zero attached hydrogens (tertiary/aromatic N) is 2. The number of hydrogen-bond acceptors (Lipinski definition) is 3. The van der Waals surface area contributed by atoms with Crippen LogP contribution in [0, 0.1) is 5.82 Å². The normalized spacial score (nSPS) is 10.5. The van der Waals surface area contributed by atoms with Gasteiger partial charge in [-0.1, -0.05) is 35.5 Å². The van der Waals surface area contributed by atoms with Gasteiger partial charge >= 0.3 is 0 Å². The Morgan fingerprint density at radius 2 is 1.77 bits per heavy atom. The summed E-state index contributed by atoms with van der Waals surface area (Å²) in [5, 5.41) is 3.82. The van der Waals surface area contributed by atoms with E-state index in [0.717, 1.165) is 5.56 Å². The van der Waals surface area contributed by atoms with Crippen LogP contribution >= 0.6 is 0 Å². The monoisotopic (exact) mass is 296 g/mol. The molecule has 0 saturated heterocycles. The molecule has 3 rings (SSSR count). The molecule has 0 unspecified atom stereocenters. The van der Waals surface area contributed by atoms with Crippen molar-refractivity contribution in [2.75, 3.05) is 11.9 Å². The van der Waals surface area contributed by atoms with E-state index in [-0.39, 0.29) is 17.4 Å². The van der Waals surface area contributed by atoms with Crippen molar-refractivity contribution in [1.29, 1.82) is 0 Å². The van der Waals surface area contributed by atoms with Gasteiger partial charge in [-0.25, -0.2) is 4.39 Å². The molecule has 2 aromatic carbocycles. The minimum atomic E-state index is -0.350. The van der Waals surface area contributed by atoms with E-state index in [9.17, 15) is 9.18 Å². The molecule has 1 aromatic heterocycles. The second-order valence-corrected chi connectivity index (χ2v) is 4.78. The first-order valence-electron chi connectivity index (χ1n) is 6.71. The summed E-state index contributed by atoms with van der Waals surface area (Å²) in [6, 6.07) is 16.7. The fourth-order valence-corrected chi connectivity index (χ4v) is 2.07. The molecule has 110 valence electrons. The van der Waals surface area contributed by atoms with E-state index in [0.29, 0.717) is 11.4 Å². The Balaban J connectivity index is 1.84. The lowest BCUT2D eigenvalue weighted by molar-refractivity contribution is 0.0984. The Kier molecular flexibility index (Phi) is 3.70. The molecule has 0 aliphatic heterocycles. The van der Waals surface area contributed by atoms with Gasteiger partial charge in [0.2, 0.25) is 0 Å². The van der Waals surface area contributed by atoms with Crippen molar-refractivity contribution >= 4 is 11.6 Å². The van der Waals surface area contributed by atoms with Crippen LogP contribution in [0.25, 0.3) is 11.3 Å². The van der Waals surface area contributed by atoms with Crippen LogP contribution in [0.3, 0.4) is 0 Å². The molecule has 4 nitrogen and oxygen atoms in total. The Hall–Kier alpha value is -2.95. The second-order valence-electron chi connectivity index (χ2n) is 4.78. The number of hydrogen-bond donors (Lipinski definition) is 0. The average Bonchev–Trinajstić information content (AvgIpc) is 3.05. The maximum Gasteiger partial charge on any atom is 0.280 e. The number of carbonyl (C=O) groups is 1. The van der Waals surface area contributed by atoms with Crippen LogP contribution in [0.15, 0.2) is 65.2 Å². The van der Waals surface area contributed by atoms with Crippen LogP contribution in [-0.4, -0.2) is 18.1 Å². The first-order chi connectivity index (χ1) is 10.6. The van der Waals surface area contributed by atoms with Gasteiger partial charge in [0, 0.05) is 24.4 Å². The van der Waals surface area contributed by atoms with E-state index in [1.807, 2.05) is 30.3 Å². The van der Waals surface area contributed by atoms with Gasteiger partial charge in [-0.05, 0) is 24.3 Å². The standard InChI is InChI=1S/C17H13FN2O2/c1-20(14-9-7-13(18)8-10-14)17(21)15-11-16(22-19-15)12-5-3-2-4-6-12/h2-11H,1H3. The van der Waals surface area contributed by atoms with Gasteiger partial charge < -0.3 is 9.42 Å². The maximum atomic E-state index is 12.9. The fourth-order valence-electron chi connectivity index (χ4n) is 2.07. The highest BCUT2D eigenvalue weighted by Crippen LogP contribution is 2.22. The molecule has 1 heterocycles. The largest absolute Gasteiger partial charge is 0.355 e. The summed E-state index contributed by atoms with van der Waals surface area (Å²) in [4.78, 5) is 13.8. The number of aromatic nitrogens is 1. The predicted octanol–water partition coefficient (Wildman–Crippen LogP) is 3.76. The van der Waals surface area contributed by atoms with Crippen molar-refractivity contribution in [3.8, 4) is 11.3 Å². The van der Waals surface area contributed by atoms with E-state index >= 15 is 0 Å². The van der Waals surface area contributed by atoms with Gasteiger partial charge in [-0.2, -0.15) is 0 Å². The molecule has 0 fully saturated rings. The lowest BCUT2D eigenvalue weighted by Crippen LogP contribution is -2.26. The van der Waals surface area contributed by atoms with Crippen LogP contribution < -0.4 is 4.90 Å². The third-order valence-corrected chi connectivity index (χ3v) is 3.31. The first kappa shape index (κ1) is 14.0. The zero-order valence-corrected chi connectivity index (χ0v) is 11.9. The molecule has 0 saturated carbocycles. The Morgan fingerprint density at radius 3 is 2.45 bits per heavy atom. The minimum absolute atomic E-state index is 0.200. The van der Waals surface area contributed by atoms with Crippen molar-refractivity contribution in [3.05, 3.63) is 72.2 Å². The summed E-state index contributed by atoms with van der Waals surface area (Å²) in [6.45, 7) is 0. The van der Waals surface area contributed by atoms with Crippen molar-refractivity contribution in [3.63, 3.8) is 0 Å². The molecule has 22 heavy (non-hydrogen) atoms. The van der Waals surface area contributed by atoms with Gasteiger partial charge in [0.25, 0.3) is 5.91 Å². The lowest BCUT2D eigenvalue weighted by atomic mass is 10.1. The van der Waals surface area contributed by atoms with Crippen LogP contribution in [0.4, 0.5) is 10.1 Å². The predicted molar refractivity (Wildman–Crippen MR) is 81.1 cm³/mol. The lowest BCUT2D eigenvalue weighted by Gasteiger charge is -2.15. The molecule has 0 aliphatic carbocycles. The zero-order valence-electron chi connectivity index (χ0n) is 11.9. The number of halogens is 1. The molecule has 0 bridgehead atoms. The molecule has 3 aromatic rings. The van der Waals surface area contributed by atoms with Crippen molar-refractivity contribution in [2.45, 2.75) is 0 Å². The van der Waals surface area contributed by atoms with E-state index in [2.05, 4.69) is 5.16 Å². The molecular formula is C17H13FN2O2. The highest BCUT2D eigenvalue weighted by molar-refractivity contribution is 6.04. The van der Waals surface area contributed by atoms with Gasteiger partial charge in [0.15, 0.2) is 11.5 Å². The SMILES string of the molecule is CN(C(=O)c1cc(-c2ccccc2)on1)c1ccc(F)cc1. The fraction of sp³-hybridized carbons (Fsp3) is 0.0588.